The lowest BCUT2D eigenvalue weighted by Crippen LogP contribution is -2.19. The molecule has 0 radical (unpaired) electrons. The second-order valence-corrected chi connectivity index (χ2v) is 7.08. The van der Waals surface area contributed by atoms with Crippen LogP contribution in [0.3, 0.4) is 0 Å². The van der Waals surface area contributed by atoms with E-state index < -0.39 is 0 Å². The Kier molecular flexibility index (Phi) is 4.36. The number of anilines is 2. The lowest BCUT2D eigenvalue weighted by Gasteiger charge is -2.20. The Morgan fingerprint density at radius 3 is 2.63 bits per heavy atom. The third-order valence-electron chi connectivity index (χ3n) is 4.90. The van der Waals surface area contributed by atoms with Gasteiger partial charge in [0.15, 0.2) is 5.82 Å². The maximum atomic E-state index is 12.4. The van der Waals surface area contributed by atoms with Crippen LogP contribution in [0.25, 0.3) is 11.3 Å². The third kappa shape index (κ3) is 3.53. The van der Waals surface area contributed by atoms with Crippen LogP contribution >= 0.6 is 0 Å². The fourth-order valence-electron chi connectivity index (χ4n) is 3.43. The fourth-order valence-corrected chi connectivity index (χ4v) is 3.43. The van der Waals surface area contributed by atoms with Gasteiger partial charge in [-0.2, -0.15) is 0 Å². The predicted octanol–water partition coefficient (Wildman–Crippen LogP) is 3.62. The molecule has 1 aliphatic rings. The monoisotopic (exact) mass is 358 g/mol. The number of aryl methyl sites for hydroxylation is 4. The summed E-state index contributed by atoms with van der Waals surface area (Å²) in [5, 5.41) is 2.92. The summed E-state index contributed by atoms with van der Waals surface area (Å²) in [5.74, 6) is 0.463. The average molecular weight is 358 g/mol. The number of nitrogen functional groups attached to an aromatic ring is 1. The summed E-state index contributed by atoms with van der Waals surface area (Å²) in [6.45, 7) is 3.91. The molecule has 0 fully saturated rings. The highest BCUT2D eigenvalue weighted by molar-refractivity contribution is 5.92. The quantitative estimate of drug-likeness (QED) is 0.701. The summed E-state index contributed by atoms with van der Waals surface area (Å²) in [5.41, 5.74) is 13.6. The Bertz CT molecular complexity index is 1030. The zero-order chi connectivity index (χ0) is 19.0. The number of hydrogen-bond acceptors (Lipinski definition) is 4. The molecule has 0 bridgehead atoms. The molecule has 0 saturated heterocycles. The van der Waals surface area contributed by atoms with E-state index in [9.17, 15) is 4.79 Å². The number of nitrogens with two attached hydrogens (primary N) is 1. The predicted molar refractivity (Wildman–Crippen MR) is 108 cm³/mol. The number of nitrogens with zero attached hydrogens (tertiary/aromatic N) is 2. The molecule has 1 heterocycles. The number of nitrogens with one attached hydrogen (secondary N) is 1. The number of carbonyl (C=O) groups excluding carboxylic acids is 1. The number of aromatic nitrogens is 2. The van der Waals surface area contributed by atoms with Crippen molar-refractivity contribution in [3.8, 4) is 11.3 Å². The van der Waals surface area contributed by atoms with E-state index in [0.29, 0.717) is 12.2 Å². The summed E-state index contributed by atoms with van der Waals surface area (Å²) in [7, 11) is 0. The summed E-state index contributed by atoms with van der Waals surface area (Å²) in [6.07, 6.45) is 1.99. The molecular weight excluding hydrogens is 336 g/mol. The van der Waals surface area contributed by atoms with E-state index in [-0.39, 0.29) is 5.91 Å². The molecule has 136 valence electrons. The van der Waals surface area contributed by atoms with Crippen molar-refractivity contribution in [2.75, 3.05) is 11.1 Å². The summed E-state index contributed by atoms with van der Waals surface area (Å²) in [6, 6.07) is 13.9. The van der Waals surface area contributed by atoms with Crippen molar-refractivity contribution in [1.82, 2.24) is 9.97 Å². The first kappa shape index (κ1) is 17.2. The minimum atomic E-state index is -0.0832. The normalized spacial score (nSPS) is 12.2. The van der Waals surface area contributed by atoms with E-state index in [1.54, 1.807) is 0 Å². The van der Waals surface area contributed by atoms with Crippen LogP contribution in [0.15, 0.2) is 42.5 Å². The van der Waals surface area contributed by atoms with Crippen molar-refractivity contribution in [2.24, 2.45) is 0 Å². The zero-order valence-electron chi connectivity index (χ0n) is 15.5. The van der Waals surface area contributed by atoms with Gasteiger partial charge < -0.3 is 11.1 Å². The maximum absolute atomic E-state index is 12.4. The Hall–Kier alpha value is -3.21. The van der Waals surface area contributed by atoms with E-state index in [1.807, 2.05) is 56.3 Å². The third-order valence-corrected chi connectivity index (χ3v) is 4.90. The molecule has 5 nitrogen and oxygen atoms in total. The molecule has 2 aromatic carbocycles. The zero-order valence-corrected chi connectivity index (χ0v) is 15.5. The molecule has 1 aromatic heterocycles. The van der Waals surface area contributed by atoms with Gasteiger partial charge in [-0.05, 0) is 49.9 Å². The van der Waals surface area contributed by atoms with Crippen molar-refractivity contribution in [3.63, 3.8) is 0 Å². The topological polar surface area (TPSA) is 80.9 Å². The average Bonchev–Trinajstić information content (AvgIpc) is 2.64. The minimum Gasteiger partial charge on any atom is -0.399 e. The second kappa shape index (κ2) is 6.83. The van der Waals surface area contributed by atoms with Crippen LogP contribution in [-0.2, 0) is 24.1 Å². The minimum absolute atomic E-state index is 0.0832. The smallest absolute Gasteiger partial charge is 0.229 e. The van der Waals surface area contributed by atoms with Gasteiger partial charge in [0, 0.05) is 11.3 Å². The van der Waals surface area contributed by atoms with E-state index in [4.69, 9.17) is 15.7 Å². The largest absolute Gasteiger partial charge is 0.399 e. The van der Waals surface area contributed by atoms with Crippen molar-refractivity contribution in [1.29, 1.82) is 0 Å². The first-order chi connectivity index (χ1) is 13.0. The van der Waals surface area contributed by atoms with Gasteiger partial charge in [0.25, 0.3) is 0 Å². The number of hydrogen-bond donors (Lipinski definition) is 2. The van der Waals surface area contributed by atoms with Crippen LogP contribution in [0, 0.1) is 13.8 Å². The van der Waals surface area contributed by atoms with E-state index in [1.165, 1.54) is 11.1 Å². The highest BCUT2D eigenvalue weighted by Crippen LogP contribution is 2.33. The van der Waals surface area contributed by atoms with Crippen LogP contribution < -0.4 is 11.1 Å². The van der Waals surface area contributed by atoms with Gasteiger partial charge >= 0.3 is 0 Å². The SMILES string of the molecule is Cc1ccc(CC(=O)Nc2nc3c(nc2C)-c2ccc(N)cc2CC3)cc1. The molecule has 5 heteroatoms. The first-order valence-electron chi connectivity index (χ1n) is 9.11. The highest BCUT2D eigenvalue weighted by atomic mass is 16.1. The molecule has 1 aliphatic carbocycles. The molecule has 1 amide bonds. The van der Waals surface area contributed by atoms with E-state index in [0.717, 1.165) is 46.7 Å². The molecular formula is C22H22N4O. The fraction of sp³-hybridized carbons (Fsp3) is 0.227. The lowest BCUT2D eigenvalue weighted by molar-refractivity contribution is -0.115. The maximum Gasteiger partial charge on any atom is 0.229 e. The van der Waals surface area contributed by atoms with Gasteiger partial charge in [-0.3, -0.25) is 4.79 Å². The van der Waals surface area contributed by atoms with Gasteiger partial charge in [0.2, 0.25) is 5.91 Å². The molecule has 27 heavy (non-hydrogen) atoms. The highest BCUT2D eigenvalue weighted by Gasteiger charge is 2.21. The summed E-state index contributed by atoms with van der Waals surface area (Å²) < 4.78 is 0. The Morgan fingerprint density at radius 1 is 1.07 bits per heavy atom. The summed E-state index contributed by atoms with van der Waals surface area (Å²) in [4.78, 5) is 21.9. The van der Waals surface area contributed by atoms with Crippen molar-refractivity contribution >= 4 is 17.4 Å². The summed E-state index contributed by atoms with van der Waals surface area (Å²) >= 11 is 0. The number of carbonyl (C=O) groups is 1. The van der Waals surface area contributed by atoms with Crippen LogP contribution in [0.1, 0.15) is 28.1 Å². The Balaban J connectivity index is 1.57. The molecule has 3 N–H and O–H groups in total. The number of amides is 1. The molecule has 0 unspecified atom stereocenters. The Labute approximate surface area is 158 Å². The first-order valence-corrected chi connectivity index (χ1v) is 9.11. The van der Waals surface area contributed by atoms with Crippen LogP contribution in [0.5, 0.6) is 0 Å². The number of benzene rings is 2. The molecule has 0 saturated carbocycles. The molecule has 4 rings (SSSR count). The molecule has 0 spiro atoms. The second-order valence-electron chi connectivity index (χ2n) is 7.08. The van der Waals surface area contributed by atoms with E-state index in [2.05, 4.69) is 5.32 Å². The van der Waals surface area contributed by atoms with Gasteiger partial charge in [-0.15, -0.1) is 0 Å². The van der Waals surface area contributed by atoms with Crippen molar-refractivity contribution in [3.05, 3.63) is 70.5 Å². The van der Waals surface area contributed by atoms with Gasteiger partial charge in [-0.25, -0.2) is 9.97 Å². The van der Waals surface area contributed by atoms with Gasteiger partial charge in [0.05, 0.1) is 23.5 Å². The van der Waals surface area contributed by atoms with Gasteiger partial charge in [-0.1, -0.05) is 35.9 Å². The molecule has 3 aromatic rings. The Morgan fingerprint density at radius 2 is 1.85 bits per heavy atom. The number of rotatable bonds is 3. The van der Waals surface area contributed by atoms with Crippen LogP contribution in [0.2, 0.25) is 0 Å². The van der Waals surface area contributed by atoms with Crippen molar-refractivity contribution < 1.29 is 4.79 Å². The van der Waals surface area contributed by atoms with E-state index >= 15 is 0 Å². The van der Waals surface area contributed by atoms with Crippen LogP contribution in [0.4, 0.5) is 11.5 Å². The van der Waals surface area contributed by atoms with Crippen LogP contribution in [-0.4, -0.2) is 15.9 Å². The van der Waals surface area contributed by atoms with Gasteiger partial charge in [0.1, 0.15) is 0 Å². The molecule has 0 aliphatic heterocycles. The molecule has 0 atom stereocenters. The number of fused-ring (bicyclic) bond motifs is 3. The lowest BCUT2D eigenvalue weighted by atomic mass is 9.91. The van der Waals surface area contributed by atoms with Crippen molar-refractivity contribution in [2.45, 2.75) is 33.1 Å². The standard InChI is InChI=1S/C22H22N4O/c1-13-3-5-15(6-4-13)11-20(27)26-22-14(2)24-21-18-9-8-17(23)12-16(18)7-10-19(21)25-22/h3-6,8-9,12H,7,10-11,23H2,1-2H3,(H,25,26,27).